The molecule has 0 N–H and O–H groups in total. The maximum atomic E-state index is 9.91. The highest BCUT2D eigenvalue weighted by Crippen LogP contribution is 2.49. The van der Waals surface area contributed by atoms with Gasteiger partial charge in [-0.2, -0.15) is 10.5 Å². The molecule has 1 fully saturated rings. The second kappa shape index (κ2) is 7.33. The average Bonchev–Trinajstić information content (AvgIpc) is 2.87. The summed E-state index contributed by atoms with van der Waals surface area (Å²) in [5.74, 6) is 0.115. The summed E-state index contributed by atoms with van der Waals surface area (Å²) in [5.41, 5.74) is 1.50. The van der Waals surface area contributed by atoms with Crippen molar-refractivity contribution in [2.24, 2.45) is 11.3 Å². The van der Waals surface area contributed by atoms with Gasteiger partial charge in [0.15, 0.2) is 0 Å². The molecule has 1 unspecified atom stereocenters. The van der Waals surface area contributed by atoms with Crippen molar-refractivity contribution in [1.82, 2.24) is 0 Å². The summed E-state index contributed by atoms with van der Waals surface area (Å²) in [6.07, 6.45) is 4.77. The predicted molar refractivity (Wildman–Crippen MR) is 95.0 cm³/mol. The van der Waals surface area contributed by atoms with E-state index in [2.05, 4.69) is 36.4 Å². The van der Waals surface area contributed by atoms with Crippen LogP contribution in [-0.4, -0.2) is 0 Å². The number of hydrogen-bond donors (Lipinski definition) is 0. The van der Waals surface area contributed by atoms with Gasteiger partial charge in [0.2, 0.25) is 0 Å². The zero-order chi connectivity index (χ0) is 16.8. The molecule has 2 nitrogen and oxygen atoms in total. The number of hydrogen-bond acceptors (Lipinski definition) is 2. The zero-order valence-corrected chi connectivity index (χ0v) is 13.9. The van der Waals surface area contributed by atoms with Crippen LogP contribution in [0.5, 0.6) is 0 Å². The smallest absolute Gasteiger partial charge is 0.147 e. The van der Waals surface area contributed by atoms with Gasteiger partial charge in [-0.15, -0.1) is 0 Å². The van der Waals surface area contributed by atoms with E-state index >= 15 is 0 Å². The van der Waals surface area contributed by atoms with Gasteiger partial charge in [0.1, 0.15) is 5.41 Å². The second-order valence-electron chi connectivity index (χ2n) is 6.70. The van der Waals surface area contributed by atoms with Crippen LogP contribution in [-0.2, 0) is 0 Å². The summed E-state index contributed by atoms with van der Waals surface area (Å²) >= 11 is 0. The number of rotatable bonds is 3. The van der Waals surface area contributed by atoms with Crippen LogP contribution in [0.25, 0.3) is 0 Å². The first-order chi connectivity index (χ1) is 11.8. The summed E-state index contributed by atoms with van der Waals surface area (Å²) in [6.45, 7) is 0. The molecule has 0 amide bonds. The number of nitriles is 2. The maximum Gasteiger partial charge on any atom is 0.147 e. The summed E-state index contributed by atoms with van der Waals surface area (Å²) in [7, 11) is 0. The van der Waals surface area contributed by atoms with Crippen LogP contribution in [0.4, 0.5) is 0 Å². The highest BCUT2D eigenvalue weighted by Gasteiger charge is 2.45. The molecule has 120 valence electrons. The van der Waals surface area contributed by atoms with Gasteiger partial charge in [-0.1, -0.05) is 79.9 Å². The van der Waals surface area contributed by atoms with E-state index in [1.165, 1.54) is 11.1 Å². The molecular weight excluding hydrogens is 292 g/mol. The first-order valence-corrected chi connectivity index (χ1v) is 8.73. The van der Waals surface area contributed by atoms with Crippen LogP contribution in [0.3, 0.4) is 0 Å². The van der Waals surface area contributed by atoms with Crippen LogP contribution >= 0.6 is 0 Å². The molecule has 24 heavy (non-hydrogen) atoms. The summed E-state index contributed by atoms with van der Waals surface area (Å²) < 4.78 is 0. The second-order valence-corrected chi connectivity index (χ2v) is 6.70. The lowest BCUT2D eigenvalue weighted by atomic mass is 9.64. The average molecular weight is 314 g/mol. The van der Waals surface area contributed by atoms with E-state index in [1.54, 1.807) is 0 Å². The standard InChI is InChI=1S/C22H22N2/c23-16-22(17-24)15-9-3-8-14-20(22)21(18-10-4-1-5-11-18)19-12-6-2-7-13-19/h1-2,4-7,10-13,20-21H,3,8-9,14-15H2. The van der Waals surface area contributed by atoms with E-state index in [1.807, 2.05) is 36.4 Å². The number of benzene rings is 2. The molecule has 0 heterocycles. The third-order valence-corrected chi connectivity index (χ3v) is 5.34. The quantitative estimate of drug-likeness (QED) is 0.709. The van der Waals surface area contributed by atoms with Crippen molar-refractivity contribution in [2.45, 2.75) is 38.0 Å². The topological polar surface area (TPSA) is 47.6 Å². The highest BCUT2D eigenvalue weighted by atomic mass is 14.5. The van der Waals surface area contributed by atoms with Crippen LogP contribution < -0.4 is 0 Å². The molecule has 1 atom stereocenters. The lowest BCUT2D eigenvalue weighted by molar-refractivity contribution is 0.267. The molecular formula is C22H22N2. The Balaban J connectivity index is 2.14. The van der Waals surface area contributed by atoms with E-state index in [0.29, 0.717) is 6.42 Å². The van der Waals surface area contributed by atoms with Crippen molar-refractivity contribution in [3.8, 4) is 12.1 Å². The Hall–Kier alpha value is -2.58. The van der Waals surface area contributed by atoms with Crippen molar-refractivity contribution >= 4 is 0 Å². The molecule has 0 aromatic heterocycles. The van der Waals surface area contributed by atoms with Gasteiger partial charge in [-0.05, 0) is 24.0 Å². The Kier molecular flexibility index (Phi) is 4.97. The molecule has 2 aromatic rings. The third kappa shape index (κ3) is 3.06. The summed E-state index contributed by atoms with van der Waals surface area (Å²) in [5, 5.41) is 19.8. The fourth-order valence-electron chi connectivity index (χ4n) is 4.11. The van der Waals surface area contributed by atoms with Gasteiger partial charge >= 0.3 is 0 Å². The minimum absolute atomic E-state index is 0.0276. The summed E-state index contributed by atoms with van der Waals surface area (Å²) in [6, 6.07) is 25.5. The predicted octanol–water partition coefficient (Wildman–Crippen LogP) is 5.43. The van der Waals surface area contributed by atoms with E-state index in [-0.39, 0.29) is 11.8 Å². The Bertz CT molecular complexity index is 684. The Morgan fingerprint density at radius 2 is 1.33 bits per heavy atom. The normalized spacial score (nSPS) is 19.9. The van der Waals surface area contributed by atoms with Gasteiger partial charge in [0.25, 0.3) is 0 Å². The van der Waals surface area contributed by atoms with Gasteiger partial charge in [-0.25, -0.2) is 0 Å². The van der Waals surface area contributed by atoms with Crippen molar-refractivity contribution in [3.63, 3.8) is 0 Å². The molecule has 1 aliphatic rings. The molecule has 2 aromatic carbocycles. The molecule has 1 saturated carbocycles. The summed E-state index contributed by atoms with van der Waals surface area (Å²) in [4.78, 5) is 0. The minimum Gasteiger partial charge on any atom is -0.197 e. The van der Waals surface area contributed by atoms with Gasteiger partial charge in [0, 0.05) is 11.8 Å². The molecule has 3 rings (SSSR count). The highest BCUT2D eigenvalue weighted by molar-refractivity contribution is 5.36. The molecule has 1 aliphatic carbocycles. The van der Waals surface area contributed by atoms with Crippen molar-refractivity contribution in [2.75, 3.05) is 0 Å². The fraction of sp³-hybridized carbons (Fsp3) is 0.364. The van der Waals surface area contributed by atoms with E-state index in [4.69, 9.17) is 0 Å². The van der Waals surface area contributed by atoms with Crippen LogP contribution in [0.2, 0.25) is 0 Å². The molecule has 0 aliphatic heterocycles. The molecule has 0 bridgehead atoms. The Labute approximate surface area is 144 Å². The Morgan fingerprint density at radius 3 is 1.83 bits per heavy atom. The fourth-order valence-corrected chi connectivity index (χ4v) is 4.11. The lowest BCUT2D eigenvalue weighted by Gasteiger charge is -2.35. The molecule has 0 spiro atoms. The van der Waals surface area contributed by atoms with Crippen molar-refractivity contribution in [1.29, 1.82) is 10.5 Å². The van der Waals surface area contributed by atoms with E-state index in [0.717, 1.165) is 25.7 Å². The van der Waals surface area contributed by atoms with E-state index in [9.17, 15) is 10.5 Å². The van der Waals surface area contributed by atoms with Gasteiger partial charge in [0.05, 0.1) is 12.1 Å². The van der Waals surface area contributed by atoms with Gasteiger partial charge in [-0.3, -0.25) is 0 Å². The van der Waals surface area contributed by atoms with Crippen LogP contribution in [0.1, 0.15) is 49.1 Å². The minimum atomic E-state index is -0.896. The van der Waals surface area contributed by atoms with Crippen LogP contribution in [0, 0.1) is 34.0 Å². The van der Waals surface area contributed by atoms with Gasteiger partial charge < -0.3 is 0 Å². The lowest BCUT2D eigenvalue weighted by Crippen LogP contribution is -2.32. The van der Waals surface area contributed by atoms with E-state index < -0.39 is 5.41 Å². The Morgan fingerprint density at radius 1 is 0.792 bits per heavy atom. The van der Waals surface area contributed by atoms with Crippen LogP contribution in [0.15, 0.2) is 60.7 Å². The zero-order valence-electron chi connectivity index (χ0n) is 13.9. The first-order valence-electron chi connectivity index (χ1n) is 8.73. The van der Waals surface area contributed by atoms with Crippen molar-refractivity contribution < 1.29 is 0 Å². The third-order valence-electron chi connectivity index (χ3n) is 5.34. The van der Waals surface area contributed by atoms with Crippen molar-refractivity contribution in [3.05, 3.63) is 71.8 Å². The maximum absolute atomic E-state index is 9.91. The molecule has 2 heteroatoms. The molecule has 0 saturated heterocycles. The largest absolute Gasteiger partial charge is 0.197 e. The SMILES string of the molecule is N#CC1(C#N)CCCCCC1C(c1ccccc1)c1ccccc1. The number of nitrogens with zero attached hydrogens (tertiary/aromatic N) is 2. The molecule has 0 radical (unpaired) electrons. The first kappa shape index (κ1) is 16.3. The monoisotopic (exact) mass is 314 g/mol.